The Morgan fingerprint density at radius 2 is 2.13 bits per heavy atom. The third-order valence-corrected chi connectivity index (χ3v) is 4.17. The van der Waals surface area contributed by atoms with Crippen molar-refractivity contribution in [3.05, 3.63) is 0 Å². The number of fused-ring (bicyclic) bond motifs is 2. The summed E-state index contributed by atoms with van der Waals surface area (Å²) in [6.45, 7) is 2.03. The zero-order valence-corrected chi connectivity index (χ0v) is 8.70. The van der Waals surface area contributed by atoms with Gasteiger partial charge in [0, 0.05) is 6.04 Å². The van der Waals surface area contributed by atoms with Crippen molar-refractivity contribution in [1.82, 2.24) is 4.90 Å². The molecule has 4 nitrogen and oxygen atoms in total. The second-order valence-electron chi connectivity index (χ2n) is 4.89. The highest BCUT2D eigenvalue weighted by Crippen LogP contribution is 2.48. The normalized spacial score (nSPS) is 40.9. The van der Waals surface area contributed by atoms with Crippen LogP contribution in [-0.2, 0) is 14.3 Å². The second-order valence-corrected chi connectivity index (χ2v) is 4.89. The van der Waals surface area contributed by atoms with Gasteiger partial charge in [-0.3, -0.25) is 14.5 Å². The van der Waals surface area contributed by atoms with Crippen molar-refractivity contribution in [1.29, 1.82) is 0 Å². The molecular weight excluding hydrogens is 194 g/mol. The van der Waals surface area contributed by atoms with Gasteiger partial charge in [-0.15, -0.1) is 0 Å². The summed E-state index contributed by atoms with van der Waals surface area (Å²) in [5.41, 5.74) is -0.475. The van der Waals surface area contributed by atoms with Crippen LogP contribution in [0.15, 0.2) is 0 Å². The van der Waals surface area contributed by atoms with E-state index >= 15 is 0 Å². The molecular formula is C11H15NO3. The summed E-state index contributed by atoms with van der Waals surface area (Å²) in [5.74, 6) is -0.589. The Hall–Kier alpha value is -0.900. The number of nitrogens with zero attached hydrogens (tertiary/aromatic N) is 1. The van der Waals surface area contributed by atoms with E-state index in [-0.39, 0.29) is 18.0 Å². The molecule has 4 heteroatoms. The molecule has 0 radical (unpaired) electrons. The fourth-order valence-electron chi connectivity index (χ4n) is 3.41. The van der Waals surface area contributed by atoms with Crippen molar-refractivity contribution in [2.75, 3.05) is 13.1 Å². The molecule has 3 rings (SSSR count). The van der Waals surface area contributed by atoms with E-state index in [0.717, 1.165) is 25.9 Å². The summed E-state index contributed by atoms with van der Waals surface area (Å²) >= 11 is 0. The molecule has 1 spiro atoms. The first-order valence-corrected chi connectivity index (χ1v) is 5.71. The van der Waals surface area contributed by atoms with Gasteiger partial charge in [-0.2, -0.15) is 0 Å². The number of piperidine rings is 1. The van der Waals surface area contributed by atoms with Gasteiger partial charge in [-0.05, 0) is 32.4 Å². The van der Waals surface area contributed by atoms with Crippen LogP contribution in [0, 0.1) is 5.41 Å². The number of hydrogen-bond acceptors (Lipinski definition) is 4. The Kier molecular flexibility index (Phi) is 1.89. The predicted octanol–water partition coefficient (Wildman–Crippen LogP) is 0.704. The van der Waals surface area contributed by atoms with Gasteiger partial charge in [0.1, 0.15) is 0 Å². The lowest BCUT2D eigenvalue weighted by molar-refractivity contribution is -0.155. The summed E-state index contributed by atoms with van der Waals surface area (Å²) in [4.78, 5) is 25.4. The predicted molar refractivity (Wildman–Crippen MR) is 52.0 cm³/mol. The van der Waals surface area contributed by atoms with E-state index in [0.29, 0.717) is 6.42 Å². The zero-order valence-electron chi connectivity index (χ0n) is 8.70. The SMILES string of the molecule is O=C1CC2(CCN3CCCCC32)C(=O)O1. The molecule has 3 aliphatic heterocycles. The first-order valence-electron chi connectivity index (χ1n) is 5.71. The Morgan fingerprint density at radius 1 is 1.27 bits per heavy atom. The molecule has 3 heterocycles. The maximum atomic E-state index is 11.8. The van der Waals surface area contributed by atoms with Crippen molar-refractivity contribution in [3.8, 4) is 0 Å². The monoisotopic (exact) mass is 209 g/mol. The van der Waals surface area contributed by atoms with Gasteiger partial charge in [0.05, 0.1) is 11.8 Å². The van der Waals surface area contributed by atoms with E-state index in [9.17, 15) is 9.59 Å². The number of hydrogen-bond donors (Lipinski definition) is 0. The van der Waals surface area contributed by atoms with Crippen LogP contribution < -0.4 is 0 Å². The smallest absolute Gasteiger partial charge is 0.321 e. The minimum Gasteiger partial charge on any atom is -0.393 e. The number of carbonyl (C=O) groups excluding carboxylic acids is 2. The first-order chi connectivity index (χ1) is 7.22. The van der Waals surface area contributed by atoms with E-state index in [1.54, 1.807) is 0 Å². The molecule has 0 aromatic rings. The van der Waals surface area contributed by atoms with Crippen LogP contribution in [0.4, 0.5) is 0 Å². The van der Waals surface area contributed by atoms with Crippen molar-refractivity contribution in [2.24, 2.45) is 5.41 Å². The highest BCUT2D eigenvalue weighted by molar-refractivity contribution is 5.98. The van der Waals surface area contributed by atoms with Gasteiger partial charge < -0.3 is 4.74 Å². The number of esters is 2. The molecule has 0 saturated carbocycles. The molecule has 2 unspecified atom stereocenters. The summed E-state index contributed by atoms with van der Waals surface area (Å²) in [6, 6.07) is 0.269. The Balaban J connectivity index is 1.92. The van der Waals surface area contributed by atoms with Gasteiger partial charge in [0.15, 0.2) is 0 Å². The lowest BCUT2D eigenvalue weighted by Gasteiger charge is -2.35. The molecule has 3 saturated heterocycles. The van der Waals surface area contributed by atoms with Gasteiger partial charge in [-0.1, -0.05) is 6.42 Å². The minimum atomic E-state index is -0.475. The summed E-state index contributed by atoms with van der Waals surface area (Å²) in [6.07, 6.45) is 4.55. The lowest BCUT2D eigenvalue weighted by atomic mass is 9.76. The van der Waals surface area contributed by atoms with Gasteiger partial charge in [0.2, 0.25) is 0 Å². The quantitative estimate of drug-likeness (QED) is 0.435. The maximum Gasteiger partial charge on any atom is 0.321 e. The molecule has 3 aliphatic rings. The molecule has 0 N–H and O–H groups in total. The van der Waals surface area contributed by atoms with Crippen LogP contribution in [-0.4, -0.2) is 36.0 Å². The van der Waals surface area contributed by atoms with E-state index in [4.69, 9.17) is 4.74 Å². The average molecular weight is 209 g/mol. The molecule has 82 valence electrons. The van der Waals surface area contributed by atoms with Crippen LogP contribution in [0.3, 0.4) is 0 Å². The summed E-state index contributed by atoms with van der Waals surface area (Å²) < 4.78 is 4.74. The number of cyclic esters (lactones) is 2. The first kappa shape index (κ1) is 9.33. The van der Waals surface area contributed by atoms with Crippen molar-refractivity contribution in [2.45, 2.75) is 38.1 Å². The zero-order chi connectivity index (χ0) is 10.5. The number of ether oxygens (including phenoxy) is 1. The standard InChI is InChI=1S/C11H15NO3/c13-9-7-11(10(14)15-9)4-6-12-5-2-1-3-8(11)12/h8H,1-7H2. The maximum absolute atomic E-state index is 11.8. The lowest BCUT2D eigenvalue weighted by Crippen LogP contribution is -2.44. The molecule has 15 heavy (non-hydrogen) atoms. The highest BCUT2D eigenvalue weighted by Gasteiger charge is 2.59. The fourth-order valence-corrected chi connectivity index (χ4v) is 3.41. The van der Waals surface area contributed by atoms with Gasteiger partial charge >= 0.3 is 11.9 Å². The largest absolute Gasteiger partial charge is 0.393 e. The Labute approximate surface area is 88.6 Å². The third kappa shape index (κ3) is 1.17. The Bertz CT molecular complexity index is 328. The topological polar surface area (TPSA) is 46.6 Å². The number of rotatable bonds is 0. The van der Waals surface area contributed by atoms with E-state index < -0.39 is 5.41 Å². The second kappa shape index (κ2) is 3.04. The molecule has 3 fully saturated rings. The minimum absolute atomic E-state index is 0.262. The van der Waals surface area contributed by atoms with Crippen LogP contribution in [0.2, 0.25) is 0 Å². The molecule has 0 bridgehead atoms. The molecule has 0 aromatic heterocycles. The third-order valence-electron chi connectivity index (χ3n) is 4.17. The fraction of sp³-hybridized carbons (Fsp3) is 0.818. The van der Waals surface area contributed by atoms with E-state index in [1.807, 2.05) is 0 Å². The van der Waals surface area contributed by atoms with Crippen molar-refractivity contribution >= 4 is 11.9 Å². The highest BCUT2D eigenvalue weighted by atomic mass is 16.6. The summed E-state index contributed by atoms with van der Waals surface area (Å²) in [5, 5.41) is 0. The van der Waals surface area contributed by atoms with Crippen LogP contribution >= 0.6 is 0 Å². The van der Waals surface area contributed by atoms with Crippen LogP contribution in [0.1, 0.15) is 32.1 Å². The van der Waals surface area contributed by atoms with Crippen LogP contribution in [0.5, 0.6) is 0 Å². The van der Waals surface area contributed by atoms with E-state index in [2.05, 4.69) is 4.90 Å². The van der Waals surface area contributed by atoms with Gasteiger partial charge in [0.25, 0.3) is 0 Å². The number of carbonyl (C=O) groups is 2. The summed E-state index contributed by atoms with van der Waals surface area (Å²) in [7, 11) is 0. The molecule has 0 amide bonds. The molecule has 0 aliphatic carbocycles. The average Bonchev–Trinajstić information content (AvgIpc) is 2.72. The Morgan fingerprint density at radius 3 is 2.87 bits per heavy atom. The van der Waals surface area contributed by atoms with Crippen molar-refractivity contribution in [3.63, 3.8) is 0 Å². The molecule has 0 aromatic carbocycles. The van der Waals surface area contributed by atoms with Gasteiger partial charge in [-0.25, -0.2) is 0 Å². The van der Waals surface area contributed by atoms with E-state index in [1.165, 1.54) is 12.8 Å². The van der Waals surface area contributed by atoms with Crippen LogP contribution in [0.25, 0.3) is 0 Å². The molecule has 2 atom stereocenters. The van der Waals surface area contributed by atoms with Crippen molar-refractivity contribution < 1.29 is 14.3 Å².